The van der Waals surface area contributed by atoms with Crippen LogP contribution in [0, 0.1) is 5.92 Å². The molecule has 25 heavy (non-hydrogen) atoms. The molecule has 0 saturated heterocycles. The number of nitrogens with zero attached hydrogens (tertiary/aromatic N) is 3. The lowest BCUT2D eigenvalue weighted by atomic mass is 9.83. The number of carbonyl (C=O) groups is 1. The number of pyridine rings is 1. The van der Waals surface area contributed by atoms with Crippen molar-refractivity contribution in [3.63, 3.8) is 0 Å². The van der Waals surface area contributed by atoms with Gasteiger partial charge in [0.25, 0.3) is 5.56 Å². The van der Waals surface area contributed by atoms with Crippen molar-refractivity contribution in [1.82, 2.24) is 14.8 Å². The molecule has 0 N–H and O–H groups in total. The lowest BCUT2D eigenvalue weighted by Crippen LogP contribution is -2.26. The summed E-state index contributed by atoms with van der Waals surface area (Å²) in [6.45, 7) is 0. The standard InChI is InChI=1S/C20H19N3O2/c1-23-20(25)12-15-10-13(6-8-17(15)22-23)11-19(24)18-9-7-14-4-2-3-5-16(14)21-18/h2-5,7,9,12-13H,6,8,10-11H2,1H3. The SMILES string of the molecule is Cn1nc2c(cc1=O)CC(CC(=O)c1ccc3ccccc3n1)CC2. The quantitative estimate of drug-likeness (QED) is 0.691. The fourth-order valence-corrected chi connectivity index (χ4v) is 3.52. The number of hydrogen-bond donors (Lipinski definition) is 0. The van der Waals surface area contributed by atoms with Crippen molar-refractivity contribution in [1.29, 1.82) is 0 Å². The van der Waals surface area contributed by atoms with E-state index in [0.29, 0.717) is 12.1 Å². The maximum atomic E-state index is 12.6. The van der Waals surface area contributed by atoms with E-state index in [1.54, 1.807) is 19.2 Å². The van der Waals surface area contributed by atoms with E-state index in [1.807, 2.05) is 30.3 Å². The molecule has 0 bridgehead atoms. The fourth-order valence-electron chi connectivity index (χ4n) is 3.52. The van der Waals surface area contributed by atoms with E-state index >= 15 is 0 Å². The van der Waals surface area contributed by atoms with Crippen molar-refractivity contribution in [3.05, 3.63) is 69.8 Å². The number of carbonyl (C=O) groups excluding carboxylic acids is 1. The zero-order valence-electron chi connectivity index (χ0n) is 14.1. The summed E-state index contributed by atoms with van der Waals surface area (Å²) >= 11 is 0. The van der Waals surface area contributed by atoms with Crippen LogP contribution in [0.15, 0.2) is 47.3 Å². The third-order valence-electron chi connectivity index (χ3n) is 4.91. The number of fused-ring (bicyclic) bond motifs is 2. The van der Waals surface area contributed by atoms with Crippen molar-refractivity contribution in [2.24, 2.45) is 13.0 Å². The van der Waals surface area contributed by atoms with E-state index < -0.39 is 0 Å². The molecule has 2 heterocycles. The smallest absolute Gasteiger partial charge is 0.266 e. The Bertz CT molecular complexity index is 1020. The summed E-state index contributed by atoms with van der Waals surface area (Å²) in [7, 11) is 1.67. The highest BCUT2D eigenvalue weighted by Gasteiger charge is 2.24. The molecule has 4 rings (SSSR count). The zero-order valence-corrected chi connectivity index (χ0v) is 14.1. The van der Waals surface area contributed by atoms with Crippen LogP contribution in [0.5, 0.6) is 0 Å². The molecule has 126 valence electrons. The van der Waals surface area contributed by atoms with Gasteiger partial charge in [0.05, 0.1) is 11.2 Å². The van der Waals surface area contributed by atoms with E-state index in [9.17, 15) is 9.59 Å². The molecule has 0 spiro atoms. The largest absolute Gasteiger partial charge is 0.292 e. The second-order valence-corrected chi connectivity index (χ2v) is 6.70. The molecule has 5 heteroatoms. The number of aryl methyl sites for hydroxylation is 2. The van der Waals surface area contributed by atoms with E-state index in [2.05, 4.69) is 10.1 Å². The Morgan fingerprint density at radius 2 is 2.08 bits per heavy atom. The number of para-hydroxylation sites is 1. The van der Waals surface area contributed by atoms with Gasteiger partial charge in [-0.2, -0.15) is 5.10 Å². The van der Waals surface area contributed by atoms with Crippen LogP contribution in [-0.2, 0) is 19.9 Å². The van der Waals surface area contributed by atoms with Gasteiger partial charge in [0.15, 0.2) is 5.78 Å². The molecule has 0 saturated carbocycles. The first kappa shape index (κ1) is 15.7. The molecule has 1 unspecified atom stereocenters. The van der Waals surface area contributed by atoms with Gasteiger partial charge in [-0.1, -0.05) is 24.3 Å². The minimum Gasteiger partial charge on any atom is -0.292 e. The van der Waals surface area contributed by atoms with Gasteiger partial charge in [-0.25, -0.2) is 9.67 Å². The van der Waals surface area contributed by atoms with Gasteiger partial charge in [0.2, 0.25) is 0 Å². The first-order chi connectivity index (χ1) is 12.1. The summed E-state index contributed by atoms with van der Waals surface area (Å²) in [4.78, 5) is 28.9. The number of hydrogen-bond acceptors (Lipinski definition) is 4. The molecule has 5 nitrogen and oxygen atoms in total. The van der Waals surface area contributed by atoms with Gasteiger partial charge < -0.3 is 0 Å². The predicted octanol–water partition coefficient (Wildman–Crippen LogP) is 2.71. The van der Waals surface area contributed by atoms with Crippen LogP contribution in [0.3, 0.4) is 0 Å². The van der Waals surface area contributed by atoms with E-state index in [4.69, 9.17) is 0 Å². The highest BCUT2D eigenvalue weighted by Crippen LogP contribution is 2.26. The van der Waals surface area contributed by atoms with Crippen LogP contribution in [0.2, 0.25) is 0 Å². The van der Waals surface area contributed by atoms with Crippen LogP contribution >= 0.6 is 0 Å². The molecule has 0 amide bonds. The Hall–Kier alpha value is -2.82. The normalized spacial score (nSPS) is 16.6. The Labute approximate surface area is 145 Å². The van der Waals surface area contributed by atoms with Crippen LogP contribution in [0.25, 0.3) is 10.9 Å². The minimum absolute atomic E-state index is 0.0657. The van der Waals surface area contributed by atoms with Gasteiger partial charge in [0.1, 0.15) is 5.69 Å². The Morgan fingerprint density at radius 1 is 1.24 bits per heavy atom. The van der Waals surface area contributed by atoms with Gasteiger partial charge >= 0.3 is 0 Å². The number of aromatic nitrogens is 3. The molecule has 2 aromatic heterocycles. The van der Waals surface area contributed by atoms with Crippen LogP contribution < -0.4 is 5.56 Å². The first-order valence-electron chi connectivity index (χ1n) is 8.55. The summed E-state index contributed by atoms with van der Waals surface area (Å²) in [5.41, 5.74) is 3.23. The molecular formula is C20H19N3O2. The summed E-state index contributed by atoms with van der Waals surface area (Å²) in [5.74, 6) is 0.304. The molecule has 1 atom stereocenters. The van der Waals surface area contributed by atoms with Gasteiger partial charge in [-0.3, -0.25) is 9.59 Å². The third-order valence-corrected chi connectivity index (χ3v) is 4.91. The second-order valence-electron chi connectivity index (χ2n) is 6.70. The van der Waals surface area contributed by atoms with Gasteiger partial charge in [-0.05, 0) is 42.9 Å². The molecule has 0 aliphatic heterocycles. The summed E-state index contributed by atoms with van der Waals surface area (Å²) in [6, 6.07) is 13.2. The van der Waals surface area contributed by atoms with Crippen LogP contribution in [0.1, 0.15) is 34.6 Å². The summed E-state index contributed by atoms with van der Waals surface area (Å²) < 4.78 is 1.38. The predicted molar refractivity (Wildman–Crippen MR) is 95.7 cm³/mol. The topological polar surface area (TPSA) is 64.8 Å². The fraction of sp³-hybridized carbons (Fsp3) is 0.300. The molecular weight excluding hydrogens is 314 g/mol. The van der Waals surface area contributed by atoms with Crippen molar-refractivity contribution >= 4 is 16.7 Å². The van der Waals surface area contributed by atoms with E-state index in [0.717, 1.165) is 41.4 Å². The summed E-state index contributed by atoms with van der Waals surface area (Å²) in [5, 5.41) is 5.36. The van der Waals surface area contributed by atoms with Gasteiger partial charge in [-0.15, -0.1) is 0 Å². The molecule has 1 aromatic carbocycles. The van der Waals surface area contributed by atoms with Crippen molar-refractivity contribution in [2.75, 3.05) is 0 Å². The maximum absolute atomic E-state index is 12.6. The number of Topliss-reactive ketones (excluding diaryl/α,β-unsaturated/α-hetero) is 1. The highest BCUT2D eigenvalue weighted by atomic mass is 16.1. The van der Waals surface area contributed by atoms with Crippen molar-refractivity contribution < 1.29 is 4.79 Å². The minimum atomic E-state index is -0.0954. The number of rotatable bonds is 3. The molecule has 3 aromatic rings. The summed E-state index contributed by atoms with van der Waals surface area (Å²) in [6.07, 6.45) is 2.92. The first-order valence-corrected chi connectivity index (χ1v) is 8.55. The molecule has 1 aliphatic rings. The third kappa shape index (κ3) is 3.09. The Morgan fingerprint density at radius 3 is 2.96 bits per heavy atom. The van der Waals surface area contributed by atoms with Crippen LogP contribution in [-0.4, -0.2) is 20.5 Å². The lowest BCUT2D eigenvalue weighted by molar-refractivity contribution is 0.0952. The molecule has 0 radical (unpaired) electrons. The van der Waals surface area contributed by atoms with E-state index in [1.165, 1.54) is 4.68 Å². The maximum Gasteiger partial charge on any atom is 0.266 e. The van der Waals surface area contributed by atoms with E-state index in [-0.39, 0.29) is 17.3 Å². The van der Waals surface area contributed by atoms with Crippen molar-refractivity contribution in [3.8, 4) is 0 Å². The molecule has 1 aliphatic carbocycles. The van der Waals surface area contributed by atoms with Gasteiger partial charge in [0, 0.05) is 24.9 Å². The monoisotopic (exact) mass is 333 g/mol. The van der Waals surface area contributed by atoms with Crippen molar-refractivity contribution in [2.45, 2.75) is 25.7 Å². The lowest BCUT2D eigenvalue weighted by Gasteiger charge is -2.23. The average Bonchev–Trinajstić information content (AvgIpc) is 2.62. The highest BCUT2D eigenvalue weighted by molar-refractivity contribution is 5.96. The molecule has 0 fully saturated rings. The Balaban J connectivity index is 1.52. The Kier molecular flexibility index (Phi) is 3.92. The zero-order chi connectivity index (χ0) is 17.4. The van der Waals surface area contributed by atoms with Crippen LogP contribution in [0.4, 0.5) is 0 Å². The average molecular weight is 333 g/mol. The number of benzene rings is 1. The second kappa shape index (κ2) is 6.24. The number of ketones is 1.